The minimum absolute atomic E-state index is 0.00729. The van der Waals surface area contributed by atoms with Crippen molar-refractivity contribution in [2.45, 2.75) is 18.4 Å². The smallest absolute Gasteiger partial charge is 0.412 e. The van der Waals surface area contributed by atoms with Crippen molar-refractivity contribution in [3.8, 4) is 11.1 Å². The van der Waals surface area contributed by atoms with Gasteiger partial charge in [-0.05, 0) is 22.3 Å². The Hall–Kier alpha value is -4.18. The van der Waals surface area contributed by atoms with Crippen molar-refractivity contribution in [2.75, 3.05) is 25.6 Å². The number of carboxylic acids is 1. The monoisotopic (exact) mass is 478 g/mol. The van der Waals surface area contributed by atoms with E-state index in [0.29, 0.717) is 0 Å². The predicted molar refractivity (Wildman–Crippen MR) is 127 cm³/mol. The van der Waals surface area contributed by atoms with Crippen LogP contribution in [-0.4, -0.2) is 59.2 Å². The summed E-state index contributed by atoms with van der Waals surface area (Å²) in [5, 5.41) is 18.2. The van der Waals surface area contributed by atoms with Crippen LogP contribution in [0.15, 0.2) is 54.6 Å². The molecule has 35 heavy (non-hydrogen) atoms. The number of methoxy groups -OCH3 is 1. The fraction of sp³-hybridized carbons (Fsp3) is 0.280. The van der Waals surface area contributed by atoms with Gasteiger partial charge in [-0.1, -0.05) is 48.5 Å². The predicted octanol–water partition coefficient (Wildman–Crippen LogP) is 3.00. The van der Waals surface area contributed by atoms with Gasteiger partial charge in [0.1, 0.15) is 12.4 Å². The summed E-state index contributed by atoms with van der Waals surface area (Å²) in [6.45, 7) is 0.167. The third-order valence-electron chi connectivity index (χ3n) is 5.91. The number of anilines is 1. The topological polar surface area (TPSA) is 132 Å². The number of aliphatic carboxylic acids is 1. The molecule has 10 nitrogen and oxygen atoms in total. The maximum absolute atomic E-state index is 12.5. The van der Waals surface area contributed by atoms with Crippen molar-refractivity contribution < 1.29 is 29.0 Å². The minimum atomic E-state index is -1.03. The van der Waals surface area contributed by atoms with Crippen molar-refractivity contribution in [3.63, 3.8) is 0 Å². The number of amides is 2. The molecule has 2 amide bonds. The Morgan fingerprint density at radius 3 is 2.31 bits per heavy atom. The average Bonchev–Trinajstić information content (AvgIpc) is 3.37. The molecule has 10 heteroatoms. The van der Waals surface area contributed by atoms with E-state index in [2.05, 4.69) is 27.9 Å². The summed E-state index contributed by atoms with van der Waals surface area (Å²) in [6, 6.07) is 17.5. The molecule has 0 aliphatic heterocycles. The first kappa shape index (κ1) is 24.0. The number of benzene rings is 2. The maximum Gasteiger partial charge on any atom is 0.412 e. The zero-order chi connectivity index (χ0) is 24.9. The molecule has 0 saturated heterocycles. The molecular formula is C25H26N4O6. The Balaban J connectivity index is 1.36. The van der Waals surface area contributed by atoms with Gasteiger partial charge in [-0.25, -0.2) is 4.79 Å². The van der Waals surface area contributed by atoms with Gasteiger partial charge in [0.25, 0.3) is 5.91 Å². The fourth-order valence-electron chi connectivity index (χ4n) is 4.16. The van der Waals surface area contributed by atoms with Gasteiger partial charge < -0.3 is 19.9 Å². The van der Waals surface area contributed by atoms with Crippen LogP contribution in [0.5, 0.6) is 0 Å². The molecule has 3 N–H and O–H groups in total. The first-order chi connectivity index (χ1) is 16.9. The molecule has 0 fully saturated rings. The molecule has 4 rings (SSSR count). The van der Waals surface area contributed by atoms with Gasteiger partial charge in [-0.3, -0.25) is 19.6 Å². The summed E-state index contributed by atoms with van der Waals surface area (Å²) in [6.07, 6.45) is -1.57. The van der Waals surface area contributed by atoms with E-state index in [4.69, 9.17) is 14.6 Å². The summed E-state index contributed by atoms with van der Waals surface area (Å²) in [7, 11) is 2.95. The Morgan fingerprint density at radius 1 is 1.09 bits per heavy atom. The average molecular weight is 479 g/mol. The number of nitrogens with one attached hydrogen (secondary N) is 2. The number of carboxylic acid groups (broad SMARTS) is 1. The fourth-order valence-corrected chi connectivity index (χ4v) is 4.16. The van der Waals surface area contributed by atoms with Crippen LogP contribution in [0.3, 0.4) is 0 Å². The minimum Gasteiger partial charge on any atom is -0.481 e. The quantitative estimate of drug-likeness (QED) is 0.431. The summed E-state index contributed by atoms with van der Waals surface area (Å²) < 4.78 is 11.9. The Labute approximate surface area is 201 Å². The molecule has 0 bridgehead atoms. The first-order valence-electron chi connectivity index (χ1n) is 11.1. The summed E-state index contributed by atoms with van der Waals surface area (Å²) >= 11 is 0. The largest absolute Gasteiger partial charge is 0.481 e. The van der Waals surface area contributed by atoms with Crippen LogP contribution in [0.1, 0.15) is 34.0 Å². The van der Waals surface area contributed by atoms with Gasteiger partial charge in [0.05, 0.1) is 12.5 Å². The number of hydrogen-bond donors (Lipinski definition) is 3. The molecule has 1 aliphatic carbocycles. The third kappa shape index (κ3) is 5.33. The number of rotatable bonds is 9. The van der Waals surface area contributed by atoms with E-state index in [-0.39, 0.29) is 37.0 Å². The van der Waals surface area contributed by atoms with Gasteiger partial charge in [0, 0.05) is 32.7 Å². The Kier molecular flexibility index (Phi) is 7.11. The molecule has 2 aromatic carbocycles. The highest BCUT2D eigenvalue weighted by molar-refractivity contribution is 5.94. The highest BCUT2D eigenvalue weighted by Gasteiger charge is 2.29. The molecule has 1 unspecified atom stereocenters. The van der Waals surface area contributed by atoms with E-state index < -0.39 is 24.1 Å². The number of ether oxygens (including phenoxy) is 2. The second kappa shape index (κ2) is 10.4. The van der Waals surface area contributed by atoms with E-state index in [0.717, 1.165) is 22.3 Å². The number of nitrogens with zero attached hydrogens (tertiary/aromatic N) is 2. The van der Waals surface area contributed by atoms with E-state index >= 15 is 0 Å². The molecule has 3 aromatic rings. The number of aryl methyl sites for hydroxylation is 1. The molecule has 0 radical (unpaired) electrons. The van der Waals surface area contributed by atoms with Gasteiger partial charge in [0.15, 0.2) is 5.69 Å². The second-order valence-electron chi connectivity index (χ2n) is 8.15. The Bertz CT molecular complexity index is 1210. The van der Waals surface area contributed by atoms with Gasteiger partial charge in [0.2, 0.25) is 0 Å². The van der Waals surface area contributed by atoms with Gasteiger partial charge >= 0.3 is 12.1 Å². The Morgan fingerprint density at radius 2 is 1.71 bits per heavy atom. The van der Waals surface area contributed by atoms with Crippen molar-refractivity contribution in [1.29, 1.82) is 0 Å². The SMILES string of the molecule is COC(CNC(=O)c1cc(NC(=O)OCC2c3ccccc3-c3ccccc32)n(C)n1)CC(=O)O. The normalized spacial score (nSPS) is 13.0. The van der Waals surface area contributed by atoms with Gasteiger partial charge in [-0.2, -0.15) is 5.10 Å². The van der Waals surface area contributed by atoms with Crippen LogP contribution in [0.25, 0.3) is 11.1 Å². The number of hydrogen-bond acceptors (Lipinski definition) is 6. The second-order valence-corrected chi connectivity index (χ2v) is 8.15. The molecule has 1 aromatic heterocycles. The number of carbonyl (C=O) groups excluding carboxylic acids is 2. The van der Waals surface area contributed by atoms with E-state index in [1.807, 2.05) is 36.4 Å². The molecule has 1 atom stereocenters. The van der Waals surface area contributed by atoms with E-state index in [1.54, 1.807) is 7.05 Å². The summed E-state index contributed by atoms with van der Waals surface area (Å²) in [5.41, 5.74) is 4.56. The molecule has 1 aliphatic rings. The van der Waals surface area contributed by atoms with E-state index in [9.17, 15) is 14.4 Å². The molecule has 0 saturated carbocycles. The maximum atomic E-state index is 12.5. The molecular weight excluding hydrogens is 452 g/mol. The molecule has 1 heterocycles. The first-order valence-corrected chi connectivity index (χ1v) is 11.1. The van der Waals surface area contributed by atoms with Crippen molar-refractivity contribution in [1.82, 2.24) is 15.1 Å². The highest BCUT2D eigenvalue weighted by Crippen LogP contribution is 2.44. The van der Waals surface area contributed by atoms with Crippen LogP contribution < -0.4 is 10.6 Å². The third-order valence-corrected chi connectivity index (χ3v) is 5.91. The van der Waals surface area contributed by atoms with Crippen LogP contribution >= 0.6 is 0 Å². The summed E-state index contributed by atoms with van der Waals surface area (Å²) in [4.78, 5) is 35.8. The molecule has 182 valence electrons. The van der Waals surface area contributed by atoms with Crippen molar-refractivity contribution >= 4 is 23.8 Å². The van der Waals surface area contributed by atoms with Crippen LogP contribution in [-0.2, 0) is 21.3 Å². The van der Waals surface area contributed by atoms with Crippen LogP contribution in [0, 0.1) is 0 Å². The van der Waals surface area contributed by atoms with Crippen LogP contribution in [0.2, 0.25) is 0 Å². The van der Waals surface area contributed by atoms with Crippen molar-refractivity contribution in [2.24, 2.45) is 7.05 Å². The highest BCUT2D eigenvalue weighted by atomic mass is 16.5. The van der Waals surface area contributed by atoms with Crippen LogP contribution in [0.4, 0.5) is 10.6 Å². The lowest BCUT2D eigenvalue weighted by atomic mass is 9.98. The lowest BCUT2D eigenvalue weighted by Gasteiger charge is -2.14. The van der Waals surface area contributed by atoms with Gasteiger partial charge in [-0.15, -0.1) is 0 Å². The zero-order valence-corrected chi connectivity index (χ0v) is 19.4. The summed E-state index contributed by atoms with van der Waals surface area (Å²) in [5.74, 6) is -1.34. The van der Waals surface area contributed by atoms with E-state index in [1.165, 1.54) is 17.9 Å². The number of fused-ring (bicyclic) bond motifs is 3. The zero-order valence-electron chi connectivity index (χ0n) is 19.4. The molecule has 0 spiro atoms. The lowest BCUT2D eigenvalue weighted by Crippen LogP contribution is -2.34. The number of aromatic nitrogens is 2. The lowest BCUT2D eigenvalue weighted by molar-refractivity contribution is -0.139. The van der Waals surface area contributed by atoms with Crippen molar-refractivity contribution in [3.05, 3.63) is 71.4 Å². The standard InChI is InChI=1S/C25H26N4O6/c1-29-22(12-21(28-29)24(32)26-13-15(34-2)11-23(30)31)27-25(33)35-14-20-18-9-5-3-7-16(18)17-8-4-6-10-19(17)20/h3-10,12,15,20H,11,13-14H2,1-2H3,(H,26,32)(H,27,33)(H,30,31). The number of carbonyl (C=O) groups is 3.